The van der Waals surface area contributed by atoms with Crippen LogP contribution in [0.2, 0.25) is 0 Å². The Morgan fingerprint density at radius 3 is 2.45 bits per heavy atom. The fraction of sp³-hybridized carbons (Fsp3) is 0.886. The molecule has 0 bridgehead atoms. The Labute approximate surface area is 243 Å². The van der Waals surface area contributed by atoms with Gasteiger partial charge in [0.1, 0.15) is 0 Å². The van der Waals surface area contributed by atoms with Crippen molar-refractivity contribution in [3.05, 3.63) is 11.6 Å². The Balaban J connectivity index is 1.31. The van der Waals surface area contributed by atoms with E-state index in [0.717, 1.165) is 32.1 Å². The van der Waals surface area contributed by atoms with E-state index in [2.05, 4.69) is 59.9 Å². The van der Waals surface area contributed by atoms with Crippen LogP contribution >= 0.6 is 0 Å². The lowest BCUT2D eigenvalue weighted by molar-refractivity contribution is -0.185. The van der Waals surface area contributed by atoms with Crippen LogP contribution in [0.1, 0.15) is 119 Å². The van der Waals surface area contributed by atoms with E-state index in [-0.39, 0.29) is 51.5 Å². The highest BCUT2D eigenvalue weighted by atomic mass is 16.5. The molecule has 10 atom stereocenters. The van der Waals surface area contributed by atoms with E-state index in [1.165, 1.54) is 44.1 Å². The van der Waals surface area contributed by atoms with Gasteiger partial charge in [-0.25, -0.2) is 0 Å². The molecule has 6 aliphatic carbocycles. The SMILES string of the molecule is CC1(C)CCC[C@@]2(C)C1CC[C@]1(C)[C@@H]2C(=O)C=C2[C@@H]3C[C@@](C)(C(=O)NC4C[C@@H]4OCCN)CC[C@]3(C)CC[C@]21C. The predicted octanol–water partition coefficient (Wildman–Crippen LogP) is 6.59. The predicted molar refractivity (Wildman–Crippen MR) is 159 cm³/mol. The van der Waals surface area contributed by atoms with Crippen LogP contribution in [-0.2, 0) is 14.3 Å². The maximum atomic E-state index is 14.5. The molecule has 3 N–H and O–H groups in total. The molecular weight excluding hydrogens is 496 g/mol. The van der Waals surface area contributed by atoms with Crippen molar-refractivity contribution in [2.75, 3.05) is 13.2 Å². The molecule has 5 heteroatoms. The number of ketones is 1. The first-order valence-electron chi connectivity index (χ1n) is 16.5. The molecule has 0 radical (unpaired) electrons. The highest BCUT2D eigenvalue weighted by molar-refractivity contribution is 5.95. The topological polar surface area (TPSA) is 81.4 Å². The largest absolute Gasteiger partial charge is 0.375 e. The minimum atomic E-state index is -0.415. The molecule has 0 aromatic carbocycles. The Morgan fingerprint density at radius 1 is 1.00 bits per heavy atom. The molecule has 5 saturated carbocycles. The van der Waals surface area contributed by atoms with Gasteiger partial charge in [0.15, 0.2) is 5.78 Å². The Bertz CT molecular complexity index is 1110. The van der Waals surface area contributed by atoms with E-state index in [1.807, 2.05) is 0 Å². The van der Waals surface area contributed by atoms with Crippen molar-refractivity contribution >= 4 is 11.7 Å². The van der Waals surface area contributed by atoms with Crippen molar-refractivity contribution < 1.29 is 14.3 Å². The average molecular weight is 553 g/mol. The third-order valence-electron chi connectivity index (χ3n) is 14.4. The van der Waals surface area contributed by atoms with Crippen LogP contribution in [0.15, 0.2) is 11.6 Å². The van der Waals surface area contributed by atoms with Gasteiger partial charge in [-0.05, 0) is 109 Å². The summed E-state index contributed by atoms with van der Waals surface area (Å²) in [6.45, 7) is 18.1. The number of amides is 1. The first-order valence-corrected chi connectivity index (χ1v) is 16.5. The van der Waals surface area contributed by atoms with Crippen LogP contribution < -0.4 is 11.1 Å². The first-order chi connectivity index (χ1) is 18.6. The summed E-state index contributed by atoms with van der Waals surface area (Å²) in [4.78, 5) is 28.2. The second-order valence-corrected chi connectivity index (χ2v) is 17.1. The number of hydrogen-bond acceptors (Lipinski definition) is 4. The highest BCUT2D eigenvalue weighted by Gasteiger charge is 2.69. The van der Waals surface area contributed by atoms with E-state index < -0.39 is 5.41 Å². The number of nitrogens with two attached hydrogens (primary N) is 1. The average Bonchev–Trinajstić information content (AvgIpc) is 3.61. The van der Waals surface area contributed by atoms with Crippen molar-refractivity contribution in [2.24, 2.45) is 56.0 Å². The van der Waals surface area contributed by atoms with Crippen molar-refractivity contribution in [2.45, 2.75) is 131 Å². The van der Waals surface area contributed by atoms with E-state index in [1.54, 1.807) is 0 Å². The van der Waals surface area contributed by atoms with E-state index in [9.17, 15) is 9.59 Å². The second-order valence-electron chi connectivity index (χ2n) is 17.1. The molecule has 224 valence electrons. The fourth-order valence-electron chi connectivity index (χ4n) is 11.6. The zero-order valence-corrected chi connectivity index (χ0v) is 26.5. The van der Waals surface area contributed by atoms with E-state index >= 15 is 0 Å². The monoisotopic (exact) mass is 552 g/mol. The number of carbonyl (C=O) groups is 2. The Hall–Kier alpha value is -1.20. The van der Waals surface area contributed by atoms with Crippen molar-refractivity contribution in [1.29, 1.82) is 0 Å². The summed E-state index contributed by atoms with van der Waals surface area (Å²) in [5, 5.41) is 3.33. The number of fused-ring (bicyclic) bond motifs is 7. The molecule has 5 fully saturated rings. The van der Waals surface area contributed by atoms with Crippen molar-refractivity contribution in [3.8, 4) is 0 Å². The zero-order valence-electron chi connectivity index (χ0n) is 26.5. The summed E-state index contributed by atoms with van der Waals surface area (Å²) in [5.41, 5.74) is 7.11. The number of hydrogen-bond donors (Lipinski definition) is 2. The van der Waals surface area contributed by atoms with Crippen LogP contribution in [0.4, 0.5) is 0 Å². The standard InChI is InChI=1S/C35H56N2O3/c1-30(2)10-8-11-33(5)27(30)9-12-35(7)28(33)25(38)19-22-23-21-32(4,14-13-31(23,3)15-16-34(22,35)6)29(39)37-24-20-26(24)40-18-17-36/h19,23-24,26-28H,8-18,20-21,36H2,1-7H3,(H,37,39)/t23-,24?,26-,27?,28+,31+,32-,33-,34+,35+/m0/s1. The molecule has 0 heterocycles. The van der Waals surface area contributed by atoms with Gasteiger partial charge in [0.05, 0.1) is 18.8 Å². The molecule has 6 rings (SSSR count). The molecule has 5 nitrogen and oxygen atoms in total. The maximum absolute atomic E-state index is 14.5. The smallest absolute Gasteiger partial charge is 0.226 e. The molecule has 40 heavy (non-hydrogen) atoms. The number of ether oxygens (including phenoxy) is 1. The van der Waals surface area contributed by atoms with E-state index in [4.69, 9.17) is 10.5 Å². The molecule has 0 saturated heterocycles. The molecule has 0 aromatic rings. The van der Waals surface area contributed by atoms with Gasteiger partial charge in [-0.3, -0.25) is 9.59 Å². The maximum Gasteiger partial charge on any atom is 0.226 e. The number of allylic oxidation sites excluding steroid dienone is 2. The summed E-state index contributed by atoms with van der Waals surface area (Å²) in [6.07, 6.45) is 14.4. The van der Waals surface area contributed by atoms with Crippen LogP contribution in [0.5, 0.6) is 0 Å². The van der Waals surface area contributed by atoms with Gasteiger partial charge in [0.25, 0.3) is 0 Å². The van der Waals surface area contributed by atoms with Gasteiger partial charge in [-0.1, -0.05) is 60.5 Å². The van der Waals surface area contributed by atoms with Gasteiger partial charge >= 0.3 is 0 Å². The van der Waals surface area contributed by atoms with Crippen LogP contribution in [0.3, 0.4) is 0 Å². The molecule has 0 spiro atoms. The molecule has 2 unspecified atom stereocenters. The molecule has 1 amide bonds. The minimum absolute atomic E-state index is 0.0116. The molecule has 6 aliphatic rings. The number of rotatable bonds is 5. The van der Waals surface area contributed by atoms with Crippen molar-refractivity contribution in [3.63, 3.8) is 0 Å². The lowest BCUT2D eigenvalue weighted by Gasteiger charge is -2.70. The molecule has 0 aromatic heterocycles. The van der Waals surface area contributed by atoms with Gasteiger partial charge in [-0.2, -0.15) is 0 Å². The normalized spacial score (nSPS) is 51.0. The first kappa shape index (κ1) is 28.9. The van der Waals surface area contributed by atoms with Crippen molar-refractivity contribution in [1.82, 2.24) is 5.32 Å². The van der Waals surface area contributed by atoms with Crippen LogP contribution in [0.25, 0.3) is 0 Å². The lowest BCUT2D eigenvalue weighted by atomic mass is 9.33. The molecular formula is C35H56N2O3. The third kappa shape index (κ3) is 3.98. The molecule has 0 aliphatic heterocycles. The van der Waals surface area contributed by atoms with Gasteiger partial charge in [0, 0.05) is 17.9 Å². The van der Waals surface area contributed by atoms with Crippen LogP contribution in [-0.4, -0.2) is 37.0 Å². The summed E-state index contributed by atoms with van der Waals surface area (Å²) in [5.74, 6) is 1.59. The van der Waals surface area contributed by atoms with Gasteiger partial charge < -0.3 is 15.8 Å². The van der Waals surface area contributed by atoms with Gasteiger partial charge in [0.2, 0.25) is 5.91 Å². The number of carbonyl (C=O) groups excluding carboxylic acids is 2. The quantitative estimate of drug-likeness (QED) is 0.403. The fourth-order valence-corrected chi connectivity index (χ4v) is 11.6. The highest BCUT2D eigenvalue weighted by Crippen LogP contribution is 2.75. The summed E-state index contributed by atoms with van der Waals surface area (Å²) >= 11 is 0. The van der Waals surface area contributed by atoms with Crippen LogP contribution in [0, 0.1) is 50.2 Å². The Kier molecular flexibility index (Phi) is 6.61. The van der Waals surface area contributed by atoms with Gasteiger partial charge in [-0.15, -0.1) is 0 Å². The summed E-state index contributed by atoms with van der Waals surface area (Å²) in [6, 6.07) is 0.117. The number of nitrogens with one attached hydrogen (secondary N) is 1. The third-order valence-corrected chi connectivity index (χ3v) is 14.4. The summed E-state index contributed by atoms with van der Waals surface area (Å²) in [7, 11) is 0. The summed E-state index contributed by atoms with van der Waals surface area (Å²) < 4.78 is 5.77. The van der Waals surface area contributed by atoms with E-state index in [0.29, 0.717) is 30.3 Å². The second kappa shape index (κ2) is 9.15. The minimum Gasteiger partial charge on any atom is -0.375 e. The zero-order chi connectivity index (χ0) is 28.9. The Morgan fingerprint density at radius 2 is 1.73 bits per heavy atom. The lowest BCUT2D eigenvalue weighted by Crippen LogP contribution is -2.65.